The Morgan fingerprint density at radius 3 is 2.84 bits per heavy atom. The number of amides is 1. The first-order valence-corrected chi connectivity index (χ1v) is 7.03. The van der Waals surface area contributed by atoms with E-state index in [-0.39, 0.29) is 5.91 Å². The minimum Gasteiger partial charge on any atom is -0.492 e. The van der Waals surface area contributed by atoms with Crippen LogP contribution in [0.15, 0.2) is 18.3 Å². The van der Waals surface area contributed by atoms with Gasteiger partial charge in [-0.3, -0.25) is 9.78 Å². The van der Waals surface area contributed by atoms with Crippen molar-refractivity contribution >= 4 is 5.91 Å². The van der Waals surface area contributed by atoms with Crippen molar-refractivity contribution in [2.75, 3.05) is 19.7 Å². The number of hydrogen-bond donors (Lipinski definition) is 0. The Bertz CT molecular complexity index is 415. The summed E-state index contributed by atoms with van der Waals surface area (Å²) in [6.45, 7) is 6.58. The highest BCUT2D eigenvalue weighted by atomic mass is 16.5. The second-order valence-corrected chi connectivity index (χ2v) is 5.26. The largest absolute Gasteiger partial charge is 0.492 e. The number of ether oxygens (including phenoxy) is 1. The van der Waals surface area contributed by atoms with Gasteiger partial charge in [0.25, 0.3) is 0 Å². The van der Waals surface area contributed by atoms with Crippen molar-refractivity contribution in [3.05, 3.63) is 24.0 Å². The summed E-state index contributed by atoms with van der Waals surface area (Å²) in [6, 6.07) is 3.97. The lowest BCUT2D eigenvalue weighted by atomic mass is 10.1. The smallest absolute Gasteiger partial charge is 0.222 e. The molecular weight excluding hydrogens is 240 g/mol. The van der Waals surface area contributed by atoms with E-state index in [1.54, 1.807) is 6.20 Å². The lowest BCUT2D eigenvalue weighted by Crippen LogP contribution is -2.26. The van der Waals surface area contributed by atoms with Crippen LogP contribution in [0.4, 0.5) is 0 Å². The lowest BCUT2D eigenvalue weighted by molar-refractivity contribution is -0.127. The summed E-state index contributed by atoms with van der Waals surface area (Å²) in [5, 5.41) is 0. The van der Waals surface area contributed by atoms with Gasteiger partial charge in [-0.1, -0.05) is 13.8 Å². The summed E-state index contributed by atoms with van der Waals surface area (Å²) < 4.78 is 5.64. The van der Waals surface area contributed by atoms with Crippen LogP contribution >= 0.6 is 0 Å². The molecule has 0 aliphatic carbocycles. The van der Waals surface area contributed by atoms with Gasteiger partial charge in [-0.2, -0.15) is 0 Å². The molecule has 0 aromatic carbocycles. The van der Waals surface area contributed by atoms with Crippen molar-refractivity contribution in [2.24, 2.45) is 0 Å². The maximum atomic E-state index is 11.4. The van der Waals surface area contributed by atoms with Crippen LogP contribution in [0.25, 0.3) is 0 Å². The molecule has 1 aromatic rings. The molecule has 0 saturated carbocycles. The molecule has 2 heterocycles. The summed E-state index contributed by atoms with van der Waals surface area (Å²) in [6.07, 6.45) is 4.36. The van der Waals surface area contributed by atoms with Gasteiger partial charge >= 0.3 is 0 Å². The molecule has 2 rings (SSSR count). The fourth-order valence-corrected chi connectivity index (χ4v) is 2.20. The van der Waals surface area contributed by atoms with Gasteiger partial charge in [0, 0.05) is 25.2 Å². The topological polar surface area (TPSA) is 42.4 Å². The van der Waals surface area contributed by atoms with E-state index in [1.165, 1.54) is 0 Å². The van der Waals surface area contributed by atoms with E-state index in [1.807, 2.05) is 17.0 Å². The summed E-state index contributed by atoms with van der Waals surface area (Å²) in [5.41, 5.74) is 1.08. The third kappa shape index (κ3) is 3.94. The molecule has 1 aliphatic heterocycles. The number of carbonyl (C=O) groups excluding carboxylic acids is 1. The van der Waals surface area contributed by atoms with E-state index in [2.05, 4.69) is 18.8 Å². The van der Waals surface area contributed by atoms with E-state index in [9.17, 15) is 4.79 Å². The minimum atomic E-state index is 0.281. The normalized spacial score (nSPS) is 15.3. The van der Waals surface area contributed by atoms with Gasteiger partial charge in [0.05, 0.1) is 12.8 Å². The highest BCUT2D eigenvalue weighted by molar-refractivity contribution is 5.77. The van der Waals surface area contributed by atoms with Crippen molar-refractivity contribution in [1.29, 1.82) is 0 Å². The van der Waals surface area contributed by atoms with E-state index >= 15 is 0 Å². The van der Waals surface area contributed by atoms with Crippen LogP contribution in [-0.2, 0) is 4.79 Å². The Morgan fingerprint density at radius 1 is 1.42 bits per heavy atom. The number of aromatic nitrogens is 1. The Labute approximate surface area is 114 Å². The molecule has 1 aliphatic rings. The zero-order valence-corrected chi connectivity index (χ0v) is 11.8. The third-order valence-corrected chi connectivity index (χ3v) is 3.36. The molecule has 0 unspecified atom stereocenters. The van der Waals surface area contributed by atoms with Crippen LogP contribution in [0.3, 0.4) is 0 Å². The molecule has 1 fully saturated rings. The molecule has 0 N–H and O–H groups in total. The number of likely N-dealkylation sites (tertiary alicyclic amines) is 1. The molecule has 0 bridgehead atoms. The SMILES string of the molecule is CC(C)c1ccc(OCCCN2CCCC2=O)cn1. The number of pyridine rings is 1. The standard InChI is InChI=1S/C15H22N2O2/c1-12(2)14-7-6-13(11-16-14)19-10-4-9-17-8-3-5-15(17)18/h6-7,11-12H,3-5,8-10H2,1-2H3. The first-order chi connectivity index (χ1) is 9.16. The highest BCUT2D eigenvalue weighted by Crippen LogP contribution is 2.15. The molecule has 104 valence electrons. The average Bonchev–Trinajstić information content (AvgIpc) is 2.81. The molecule has 4 nitrogen and oxygen atoms in total. The zero-order chi connectivity index (χ0) is 13.7. The first kappa shape index (κ1) is 13.8. The second kappa shape index (κ2) is 6.55. The van der Waals surface area contributed by atoms with E-state index in [4.69, 9.17) is 4.74 Å². The maximum absolute atomic E-state index is 11.4. The van der Waals surface area contributed by atoms with Gasteiger partial charge < -0.3 is 9.64 Å². The monoisotopic (exact) mass is 262 g/mol. The van der Waals surface area contributed by atoms with Gasteiger partial charge in [0.15, 0.2) is 0 Å². The molecule has 4 heteroatoms. The fourth-order valence-electron chi connectivity index (χ4n) is 2.20. The number of carbonyl (C=O) groups is 1. The van der Waals surface area contributed by atoms with Crippen molar-refractivity contribution in [3.63, 3.8) is 0 Å². The molecule has 1 amide bonds. The van der Waals surface area contributed by atoms with Crippen molar-refractivity contribution in [3.8, 4) is 5.75 Å². The van der Waals surface area contributed by atoms with Gasteiger partial charge in [-0.25, -0.2) is 0 Å². The van der Waals surface area contributed by atoms with Crippen molar-refractivity contribution < 1.29 is 9.53 Å². The Hall–Kier alpha value is -1.58. The summed E-state index contributed by atoms with van der Waals surface area (Å²) in [4.78, 5) is 17.7. The summed E-state index contributed by atoms with van der Waals surface area (Å²) in [7, 11) is 0. The number of rotatable bonds is 6. The third-order valence-electron chi connectivity index (χ3n) is 3.36. The Balaban J connectivity index is 1.69. The number of nitrogens with zero attached hydrogens (tertiary/aromatic N) is 2. The maximum Gasteiger partial charge on any atom is 0.222 e. The van der Waals surface area contributed by atoms with E-state index in [0.717, 1.165) is 37.4 Å². The lowest BCUT2D eigenvalue weighted by Gasteiger charge is -2.15. The molecule has 0 atom stereocenters. The summed E-state index contributed by atoms with van der Waals surface area (Å²) in [5.74, 6) is 1.52. The van der Waals surface area contributed by atoms with Gasteiger partial charge in [-0.05, 0) is 30.9 Å². The molecule has 0 radical (unpaired) electrons. The zero-order valence-electron chi connectivity index (χ0n) is 11.8. The van der Waals surface area contributed by atoms with Crippen LogP contribution in [-0.4, -0.2) is 35.5 Å². The Morgan fingerprint density at radius 2 is 2.26 bits per heavy atom. The fraction of sp³-hybridized carbons (Fsp3) is 0.600. The molecule has 1 saturated heterocycles. The minimum absolute atomic E-state index is 0.281. The molecular formula is C15H22N2O2. The van der Waals surface area contributed by atoms with Crippen molar-refractivity contribution in [2.45, 2.75) is 39.0 Å². The van der Waals surface area contributed by atoms with Crippen LogP contribution in [0.2, 0.25) is 0 Å². The van der Waals surface area contributed by atoms with E-state index in [0.29, 0.717) is 18.9 Å². The van der Waals surface area contributed by atoms with Crippen molar-refractivity contribution in [1.82, 2.24) is 9.88 Å². The molecule has 1 aromatic heterocycles. The van der Waals surface area contributed by atoms with Crippen LogP contribution in [0.5, 0.6) is 5.75 Å². The number of hydrogen-bond acceptors (Lipinski definition) is 3. The predicted molar refractivity (Wildman–Crippen MR) is 74.3 cm³/mol. The average molecular weight is 262 g/mol. The quantitative estimate of drug-likeness (QED) is 0.740. The van der Waals surface area contributed by atoms with E-state index < -0.39 is 0 Å². The van der Waals surface area contributed by atoms with Crippen LogP contribution in [0, 0.1) is 0 Å². The predicted octanol–water partition coefficient (Wildman–Crippen LogP) is 2.60. The van der Waals surface area contributed by atoms with Gasteiger partial charge in [0.2, 0.25) is 5.91 Å². The molecule has 0 spiro atoms. The van der Waals surface area contributed by atoms with Crippen LogP contribution < -0.4 is 4.74 Å². The summed E-state index contributed by atoms with van der Waals surface area (Å²) >= 11 is 0. The van der Waals surface area contributed by atoms with Gasteiger partial charge in [-0.15, -0.1) is 0 Å². The first-order valence-electron chi connectivity index (χ1n) is 7.03. The highest BCUT2D eigenvalue weighted by Gasteiger charge is 2.18. The van der Waals surface area contributed by atoms with Gasteiger partial charge in [0.1, 0.15) is 5.75 Å². The Kier molecular flexibility index (Phi) is 4.77. The molecule has 19 heavy (non-hydrogen) atoms. The van der Waals surface area contributed by atoms with Crippen LogP contribution in [0.1, 0.15) is 44.7 Å². The second-order valence-electron chi connectivity index (χ2n) is 5.26.